The van der Waals surface area contributed by atoms with Crippen LogP contribution in [0.2, 0.25) is 0 Å². The van der Waals surface area contributed by atoms with Crippen molar-refractivity contribution in [1.82, 2.24) is 39.2 Å². The Morgan fingerprint density at radius 2 is 1.50 bits per heavy atom. The van der Waals surface area contributed by atoms with Crippen LogP contribution in [0.25, 0.3) is 22.2 Å². The van der Waals surface area contributed by atoms with E-state index in [4.69, 9.17) is 36.4 Å². The van der Waals surface area contributed by atoms with Gasteiger partial charge in [-0.1, -0.05) is 24.3 Å². The monoisotopic (exact) mass is 930 g/mol. The van der Waals surface area contributed by atoms with Gasteiger partial charge >= 0.3 is 6.09 Å². The lowest BCUT2D eigenvalue weighted by molar-refractivity contribution is -0.110. The highest BCUT2D eigenvalue weighted by atomic mass is 16.6. The second-order valence-electron chi connectivity index (χ2n) is 16.2. The van der Waals surface area contributed by atoms with Crippen LogP contribution in [0, 0.1) is 6.92 Å². The molecule has 356 valence electrons. The van der Waals surface area contributed by atoms with Crippen LogP contribution in [0.3, 0.4) is 0 Å². The summed E-state index contributed by atoms with van der Waals surface area (Å²) >= 11 is 0. The number of hydrogen-bond donors (Lipinski definition) is 6. The summed E-state index contributed by atoms with van der Waals surface area (Å²) < 4.78 is 21.9. The maximum Gasteiger partial charge on any atom is 0.412 e. The highest BCUT2D eigenvalue weighted by Crippen LogP contribution is 2.32. The summed E-state index contributed by atoms with van der Waals surface area (Å²) in [5.41, 5.74) is 19.7. The Balaban J connectivity index is 1.42. The van der Waals surface area contributed by atoms with E-state index in [0.717, 1.165) is 5.56 Å². The van der Waals surface area contributed by atoms with Gasteiger partial charge < -0.3 is 36.0 Å². The van der Waals surface area contributed by atoms with Gasteiger partial charge in [-0.25, -0.2) is 19.7 Å². The van der Waals surface area contributed by atoms with Crippen molar-refractivity contribution in [1.29, 1.82) is 0 Å². The van der Waals surface area contributed by atoms with Crippen molar-refractivity contribution in [2.45, 2.75) is 80.3 Å². The molecule has 9 N–H and O–H groups in total. The Labute approximate surface area is 390 Å². The van der Waals surface area contributed by atoms with Gasteiger partial charge in [0.05, 0.1) is 29.6 Å². The number of anilines is 2. The zero-order valence-corrected chi connectivity index (χ0v) is 39.0. The highest BCUT2D eigenvalue weighted by molar-refractivity contribution is 6.49. The van der Waals surface area contributed by atoms with E-state index in [1.807, 2.05) is 19.1 Å². The molecule has 0 atom stereocenters. The third-order valence-electron chi connectivity index (χ3n) is 9.93. The lowest BCUT2D eigenvalue weighted by Crippen LogP contribution is -2.39. The summed E-state index contributed by atoms with van der Waals surface area (Å²) in [6.45, 7) is 12.7. The fraction of sp³-hybridized carbons (Fsp3) is 0.304. The maximum absolute atomic E-state index is 14.3. The number of primary amides is 2. The first-order valence-electron chi connectivity index (χ1n) is 21.4. The minimum absolute atomic E-state index is 0.00910. The van der Waals surface area contributed by atoms with Crippen molar-refractivity contribution in [3.05, 3.63) is 106 Å². The number of rotatable bonds is 18. The SMILES string of the molecule is CCN=C(C(=O)Nc1nc2cc(C(N)=O)cc(OCc3ccc(OC)cc3)c2n1C/C=C/Cn1c(NC(=O)c2cc(C)nn2CC)nc2cc(C(N)=O)cnc21)/C(NC(=O)OC(C)(C)C)=C(/C)N. The number of carbonyl (C=O) groups is 5. The van der Waals surface area contributed by atoms with Crippen LogP contribution < -0.4 is 42.6 Å². The Hall–Kier alpha value is -8.56. The van der Waals surface area contributed by atoms with Crippen LogP contribution in [-0.4, -0.2) is 88.6 Å². The fourth-order valence-electron chi connectivity index (χ4n) is 6.88. The molecule has 68 heavy (non-hydrogen) atoms. The molecular weight excluding hydrogens is 877 g/mol. The number of alkyl carbamates (subject to hydrolysis) is 1. The van der Waals surface area contributed by atoms with E-state index in [2.05, 4.69) is 36.0 Å². The number of benzene rings is 2. The predicted octanol–water partition coefficient (Wildman–Crippen LogP) is 4.71. The summed E-state index contributed by atoms with van der Waals surface area (Å²) in [5.74, 6) is -1.73. The van der Waals surface area contributed by atoms with Crippen LogP contribution in [0.15, 0.2) is 83.3 Å². The van der Waals surface area contributed by atoms with E-state index in [1.165, 1.54) is 31.3 Å². The van der Waals surface area contributed by atoms with E-state index in [0.29, 0.717) is 40.4 Å². The molecule has 22 nitrogen and oxygen atoms in total. The van der Waals surface area contributed by atoms with Crippen LogP contribution in [0.1, 0.15) is 84.0 Å². The third kappa shape index (κ3) is 11.4. The number of fused-ring (bicyclic) bond motifs is 2. The molecule has 0 spiro atoms. The van der Waals surface area contributed by atoms with Gasteiger partial charge in [-0.2, -0.15) is 5.10 Å². The van der Waals surface area contributed by atoms with Gasteiger partial charge in [0.1, 0.15) is 46.1 Å². The summed E-state index contributed by atoms with van der Waals surface area (Å²) in [6, 6.07) is 13.3. The minimum Gasteiger partial charge on any atom is -0.497 e. The number of imidazole rings is 2. The Kier molecular flexibility index (Phi) is 14.9. The number of pyridine rings is 1. The van der Waals surface area contributed by atoms with Crippen LogP contribution in [0.4, 0.5) is 16.7 Å². The molecular formula is C46H54N14O8. The molecule has 0 saturated heterocycles. The van der Waals surface area contributed by atoms with E-state index < -0.39 is 35.3 Å². The highest BCUT2D eigenvalue weighted by Gasteiger charge is 2.27. The second kappa shape index (κ2) is 20.7. The van der Waals surface area contributed by atoms with E-state index in [1.54, 1.807) is 85.9 Å². The first-order chi connectivity index (χ1) is 32.3. The summed E-state index contributed by atoms with van der Waals surface area (Å²) in [4.78, 5) is 83.8. The lowest BCUT2D eigenvalue weighted by atomic mass is 10.1. The summed E-state index contributed by atoms with van der Waals surface area (Å²) in [5, 5.41) is 12.6. The molecule has 2 aromatic carbocycles. The lowest BCUT2D eigenvalue weighted by Gasteiger charge is -2.21. The third-order valence-corrected chi connectivity index (χ3v) is 9.93. The van der Waals surface area contributed by atoms with Crippen molar-refractivity contribution < 1.29 is 38.2 Å². The number of carbonyl (C=O) groups excluding carboxylic acids is 5. The average molecular weight is 931 g/mol. The normalized spacial score (nSPS) is 12.3. The second-order valence-corrected chi connectivity index (χ2v) is 16.2. The molecule has 6 rings (SSSR count). The number of methoxy groups -OCH3 is 1. The topological polar surface area (TPSA) is 306 Å². The Morgan fingerprint density at radius 3 is 2.12 bits per heavy atom. The molecule has 0 saturated carbocycles. The molecule has 0 aliphatic rings. The van der Waals surface area contributed by atoms with Crippen molar-refractivity contribution in [2.24, 2.45) is 22.2 Å². The van der Waals surface area contributed by atoms with Gasteiger partial charge in [0.15, 0.2) is 5.65 Å². The molecule has 5 amide bonds. The number of hydrogen-bond acceptors (Lipinski definition) is 14. The number of allylic oxidation sites excluding steroid dienone is 3. The van der Waals surface area contributed by atoms with Crippen LogP contribution in [0.5, 0.6) is 11.5 Å². The molecule has 4 heterocycles. The maximum atomic E-state index is 14.3. The summed E-state index contributed by atoms with van der Waals surface area (Å²) in [7, 11) is 1.56. The van der Waals surface area contributed by atoms with Crippen LogP contribution >= 0.6 is 0 Å². The molecule has 6 aromatic rings. The number of amides is 5. The van der Waals surface area contributed by atoms with E-state index in [9.17, 15) is 24.0 Å². The standard InChI is InChI=1S/C46H54N14O8/c1-9-50-36(35(26(4)47)54-45(65)68-46(5,6)7)42(64)56-43-52-31-20-28(38(48)61)22-34(67-24-27-13-15-30(66-8)16-14-27)37(31)58(43)17-11-12-18-59-40-32(21-29(23-51-40)39(49)62)53-44(59)55-41(63)33-19-25(3)57-60(33)10-2/h11-16,19-23H,9-10,17-18,24,47H2,1-8H3,(H2,48,61)(H2,49,62)(H,54,65)(H,52,56,64)(H,53,55,63)/b12-11+,35-26+,50-36?. The number of nitrogens with one attached hydrogen (secondary N) is 3. The zero-order valence-electron chi connectivity index (χ0n) is 39.0. The van der Waals surface area contributed by atoms with Gasteiger partial charge in [0, 0.05) is 43.6 Å². The first-order valence-corrected chi connectivity index (χ1v) is 21.4. The van der Waals surface area contributed by atoms with Crippen molar-refractivity contribution >= 4 is 69.5 Å². The zero-order chi connectivity index (χ0) is 49.4. The number of aryl methyl sites for hydroxylation is 2. The van der Waals surface area contributed by atoms with E-state index >= 15 is 0 Å². The molecule has 0 unspecified atom stereocenters. The van der Waals surface area contributed by atoms with Gasteiger partial charge in [-0.15, -0.1) is 0 Å². The average Bonchev–Trinajstić information content (AvgIpc) is 3.96. The smallest absolute Gasteiger partial charge is 0.412 e. The van der Waals surface area contributed by atoms with Gasteiger partial charge in [-0.05, 0) is 90.4 Å². The number of nitrogens with two attached hydrogens (primary N) is 3. The van der Waals surface area contributed by atoms with E-state index in [-0.39, 0.29) is 77.6 Å². The molecule has 0 aliphatic carbocycles. The van der Waals surface area contributed by atoms with Gasteiger partial charge in [-0.3, -0.25) is 49.4 Å². The van der Waals surface area contributed by atoms with Crippen LogP contribution in [-0.2, 0) is 35.8 Å². The van der Waals surface area contributed by atoms with Crippen molar-refractivity contribution in [3.63, 3.8) is 0 Å². The molecule has 0 radical (unpaired) electrons. The number of ether oxygens (including phenoxy) is 3. The Morgan fingerprint density at radius 1 is 0.853 bits per heavy atom. The number of aromatic nitrogens is 7. The van der Waals surface area contributed by atoms with Gasteiger partial charge in [0.25, 0.3) is 11.8 Å². The minimum atomic E-state index is -0.860. The number of aliphatic imine (C=N–C) groups is 1. The van der Waals surface area contributed by atoms with Gasteiger partial charge in [0.2, 0.25) is 23.7 Å². The van der Waals surface area contributed by atoms with Crippen molar-refractivity contribution in [3.8, 4) is 11.5 Å². The number of nitrogens with zero attached hydrogens (tertiary/aromatic N) is 8. The Bertz CT molecular complexity index is 3000. The predicted molar refractivity (Wildman–Crippen MR) is 254 cm³/mol. The molecule has 0 fully saturated rings. The molecule has 0 aliphatic heterocycles. The summed E-state index contributed by atoms with van der Waals surface area (Å²) in [6.07, 6.45) is 3.99. The molecule has 0 bridgehead atoms. The molecule has 4 aromatic heterocycles. The quantitative estimate of drug-likeness (QED) is 0.0503. The fourth-order valence-corrected chi connectivity index (χ4v) is 6.88. The first kappa shape index (κ1) is 48.9. The van der Waals surface area contributed by atoms with Crippen molar-refractivity contribution in [2.75, 3.05) is 24.3 Å². The molecule has 22 heteroatoms. The largest absolute Gasteiger partial charge is 0.497 e.